The van der Waals surface area contributed by atoms with Crippen molar-refractivity contribution in [1.82, 2.24) is 42.1 Å². The van der Waals surface area contributed by atoms with Gasteiger partial charge in [-0.2, -0.15) is 0 Å². The van der Waals surface area contributed by atoms with Gasteiger partial charge in [0.1, 0.15) is 48.0 Å². The maximum Gasteiger partial charge on any atom is 0.246 e. The average Bonchev–Trinajstić information content (AvgIpc) is 3.87. The second-order valence-electron chi connectivity index (χ2n) is 19.0. The number of carbonyl (C=O) groups is 11. The van der Waals surface area contributed by atoms with Crippen LogP contribution in [-0.2, 0) is 65.6 Å². The summed E-state index contributed by atoms with van der Waals surface area (Å²) in [6, 6.07) is 5.47. The molecule has 28 heteroatoms. The van der Waals surface area contributed by atoms with Crippen molar-refractivity contribution in [3.05, 3.63) is 65.7 Å². The number of methoxy groups -OCH3 is 1. The summed E-state index contributed by atoms with van der Waals surface area (Å²) in [6.07, 6.45) is -1.30. The van der Waals surface area contributed by atoms with Gasteiger partial charge in [0.2, 0.25) is 65.0 Å². The van der Waals surface area contributed by atoms with E-state index in [1.165, 1.54) is 22.8 Å². The summed E-state index contributed by atoms with van der Waals surface area (Å²) in [6.45, 7) is 3.08. The van der Waals surface area contributed by atoms with Crippen molar-refractivity contribution in [2.45, 2.75) is 125 Å². The summed E-state index contributed by atoms with van der Waals surface area (Å²) in [5.74, 6) is -9.21. The molecule has 77 heavy (non-hydrogen) atoms. The number of primary amides is 3. The summed E-state index contributed by atoms with van der Waals surface area (Å²) in [5, 5.41) is 18.2. The van der Waals surface area contributed by atoms with Crippen LogP contribution in [0.15, 0.2) is 59.6 Å². The van der Waals surface area contributed by atoms with E-state index < -0.39 is 138 Å². The molecule has 11 amide bonds. The number of carbonyl (C=O) groups excluding carboxylic acids is 11. The van der Waals surface area contributed by atoms with E-state index in [1.54, 1.807) is 68.4 Å². The minimum absolute atomic E-state index is 0.0129. The van der Waals surface area contributed by atoms with E-state index in [0.29, 0.717) is 23.3 Å². The SMILES string of the molecule is COc1ccc(CC2NC(=O)CC(C)(C)SSCC(C(=O)N3CCCC3C(=O)NC(CCCN=C(N)N)C(=O)NCC(N)=O)NC(=O)C(CC(N)=O)NC(=O)C(CCC(N)=O)NC(=O)C(Cc3ccccc3)NC2=O)cc1. The number of amides is 11. The van der Waals surface area contributed by atoms with E-state index in [1.807, 2.05) is 0 Å². The van der Waals surface area contributed by atoms with Crippen molar-refractivity contribution in [3.8, 4) is 5.75 Å². The Labute approximate surface area is 453 Å². The van der Waals surface area contributed by atoms with Gasteiger partial charge in [0, 0.05) is 49.3 Å². The molecule has 2 fully saturated rings. The fraction of sp³-hybridized carbons (Fsp3) is 0.510. The Bertz CT molecular complexity index is 2480. The largest absolute Gasteiger partial charge is 0.497 e. The summed E-state index contributed by atoms with van der Waals surface area (Å²) in [4.78, 5) is 155. The molecule has 7 unspecified atom stereocenters. The molecule has 7 atom stereocenters. The van der Waals surface area contributed by atoms with Crippen LogP contribution in [-0.4, -0.2) is 155 Å². The molecule has 2 aromatic rings. The second kappa shape index (κ2) is 30.2. The minimum Gasteiger partial charge on any atom is -0.497 e. The van der Waals surface area contributed by atoms with Crippen LogP contribution in [0.1, 0.15) is 76.3 Å². The first-order chi connectivity index (χ1) is 36.4. The highest BCUT2D eigenvalue weighted by molar-refractivity contribution is 8.77. The number of aliphatic imine (C=N–C) groups is 1. The molecule has 2 aliphatic heterocycles. The molecule has 0 aliphatic carbocycles. The van der Waals surface area contributed by atoms with Crippen LogP contribution >= 0.6 is 21.6 Å². The highest BCUT2D eigenvalue weighted by Gasteiger charge is 2.41. The molecule has 26 nitrogen and oxygen atoms in total. The predicted octanol–water partition coefficient (Wildman–Crippen LogP) is -3.26. The number of guanidine groups is 1. The van der Waals surface area contributed by atoms with Gasteiger partial charge in [-0.1, -0.05) is 64.1 Å². The zero-order chi connectivity index (χ0) is 56.8. The molecule has 0 bridgehead atoms. The molecule has 0 aromatic heterocycles. The summed E-state index contributed by atoms with van der Waals surface area (Å²) in [5.41, 5.74) is 28.4. The molecular formula is C49H70N14O12S2. The number of ether oxygens (including phenoxy) is 1. The molecule has 0 saturated carbocycles. The van der Waals surface area contributed by atoms with Crippen LogP contribution < -0.4 is 70.6 Å². The number of rotatable bonds is 20. The number of likely N-dealkylation sites (tertiary alicyclic amines) is 1. The maximum absolute atomic E-state index is 14.7. The first kappa shape index (κ1) is 61.9. The Hall–Kier alpha value is -7.62. The molecule has 420 valence electrons. The number of nitrogens with one attached hydrogen (secondary N) is 7. The van der Waals surface area contributed by atoms with Crippen LogP contribution in [0.4, 0.5) is 0 Å². The van der Waals surface area contributed by atoms with E-state index in [-0.39, 0.29) is 63.3 Å². The van der Waals surface area contributed by atoms with Crippen molar-refractivity contribution in [2.24, 2.45) is 33.7 Å². The van der Waals surface area contributed by atoms with Crippen LogP contribution in [0.5, 0.6) is 5.75 Å². The minimum atomic E-state index is -1.78. The van der Waals surface area contributed by atoms with E-state index >= 15 is 0 Å². The molecule has 2 heterocycles. The standard InChI is InChI=1S/C49H70N14O12S2/c1-49(2)24-40(67)57-32(22-28-13-15-29(75-3)16-14-28)43(70)60-33(21-27-9-5-4-6-10-27)44(71)58-31(17-18-37(50)64)42(69)61-34(23-38(51)65)45(72)62-35(26-76-77-49)47(74)63-20-8-12-36(63)46(73)59-30(11-7-19-55-48(53)54)41(68)56-25-39(52)66/h4-6,9-10,13-16,30-36H,7-8,11-12,17-26H2,1-3H3,(H2,50,64)(H2,51,65)(H2,52,66)(H,56,68)(H,57,67)(H,58,71)(H,59,73)(H,60,70)(H,61,69)(H,62,72)(H4,53,54,55). The summed E-state index contributed by atoms with van der Waals surface area (Å²) >= 11 is 0. The first-order valence-corrected chi connectivity index (χ1v) is 27.0. The Kier molecular flexibility index (Phi) is 24.3. The van der Waals surface area contributed by atoms with Crippen molar-refractivity contribution in [3.63, 3.8) is 0 Å². The van der Waals surface area contributed by atoms with Crippen LogP contribution in [0.2, 0.25) is 0 Å². The van der Waals surface area contributed by atoms with Gasteiger partial charge >= 0.3 is 0 Å². The van der Waals surface area contributed by atoms with E-state index in [4.69, 9.17) is 33.4 Å². The molecule has 2 saturated heterocycles. The second-order valence-corrected chi connectivity index (χ2v) is 22.0. The van der Waals surface area contributed by atoms with Gasteiger partial charge < -0.3 is 75.5 Å². The number of nitrogens with zero attached hydrogens (tertiary/aromatic N) is 2. The normalized spacial score (nSPS) is 22.0. The van der Waals surface area contributed by atoms with Gasteiger partial charge in [0.15, 0.2) is 5.96 Å². The van der Waals surface area contributed by atoms with Gasteiger partial charge in [-0.15, -0.1) is 0 Å². The van der Waals surface area contributed by atoms with Crippen LogP contribution in [0.3, 0.4) is 0 Å². The molecule has 0 spiro atoms. The molecule has 17 N–H and O–H groups in total. The third-order valence-electron chi connectivity index (χ3n) is 12.1. The Morgan fingerprint density at radius 3 is 1.97 bits per heavy atom. The molecule has 2 aromatic carbocycles. The maximum atomic E-state index is 14.7. The molecule has 4 rings (SSSR count). The highest BCUT2D eigenvalue weighted by atomic mass is 33.1. The van der Waals surface area contributed by atoms with Crippen LogP contribution in [0, 0.1) is 0 Å². The van der Waals surface area contributed by atoms with Gasteiger partial charge in [0.05, 0.1) is 20.1 Å². The number of hydrogen-bond acceptors (Lipinski definition) is 15. The molecule has 0 radical (unpaired) electrons. The Morgan fingerprint density at radius 1 is 0.766 bits per heavy atom. The highest BCUT2D eigenvalue weighted by Crippen LogP contribution is 2.39. The number of benzene rings is 2. The number of hydrogen-bond donors (Lipinski definition) is 12. The third-order valence-corrected chi connectivity index (χ3v) is 15.4. The average molecular weight is 1110 g/mol. The van der Waals surface area contributed by atoms with Gasteiger partial charge in [0.25, 0.3) is 0 Å². The van der Waals surface area contributed by atoms with E-state index in [2.05, 4.69) is 42.2 Å². The van der Waals surface area contributed by atoms with Crippen molar-refractivity contribution >= 4 is 92.5 Å². The predicted molar refractivity (Wildman–Crippen MR) is 286 cm³/mol. The first-order valence-electron chi connectivity index (χ1n) is 24.7. The monoisotopic (exact) mass is 1110 g/mol. The van der Waals surface area contributed by atoms with Crippen molar-refractivity contribution < 1.29 is 57.5 Å². The van der Waals surface area contributed by atoms with Gasteiger partial charge in [-0.25, -0.2) is 0 Å². The summed E-state index contributed by atoms with van der Waals surface area (Å²) < 4.78 is 4.37. The lowest BCUT2D eigenvalue weighted by Gasteiger charge is -2.31. The lowest BCUT2D eigenvalue weighted by atomic mass is 10.0. The Balaban J connectivity index is 1.74. The van der Waals surface area contributed by atoms with Crippen molar-refractivity contribution in [2.75, 3.05) is 32.5 Å². The molecular weight excluding hydrogens is 1040 g/mol. The van der Waals surface area contributed by atoms with Gasteiger partial charge in [-0.3, -0.25) is 57.7 Å². The summed E-state index contributed by atoms with van der Waals surface area (Å²) in [7, 11) is 3.74. The quantitative estimate of drug-likeness (QED) is 0.0268. The number of nitrogens with two attached hydrogens (primary N) is 5. The van der Waals surface area contributed by atoms with Gasteiger partial charge in [-0.05, 0) is 69.2 Å². The zero-order valence-corrected chi connectivity index (χ0v) is 44.8. The lowest BCUT2D eigenvalue weighted by Crippen LogP contribution is -2.61. The lowest BCUT2D eigenvalue weighted by molar-refractivity contribution is -0.142. The van der Waals surface area contributed by atoms with E-state index in [9.17, 15) is 52.7 Å². The van der Waals surface area contributed by atoms with E-state index in [0.717, 1.165) is 10.8 Å². The topological polar surface area (TPSA) is 427 Å². The van der Waals surface area contributed by atoms with Crippen LogP contribution in [0.25, 0.3) is 0 Å². The Morgan fingerprint density at radius 2 is 1.36 bits per heavy atom. The zero-order valence-electron chi connectivity index (χ0n) is 43.1. The fourth-order valence-electron chi connectivity index (χ4n) is 8.26. The molecule has 2 aliphatic rings. The third kappa shape index (κ3) is 21.1. The van der Waals surface area contributed by atoms with Crippen molar-refractivity contribution in [1.29, 1.82) is 0 Å². The fourth-order valence-corrected chi connectivity index (χ4v) is 10.9. The smallest absolute Gasteiger partial charge is 0.246 e.